The Bertz CT molecular complexity index is 599. The summed E-state index contributed by atoms with van der Waals surface area (Å²) in [6, 6.07) is 5.12. The third-order valence-electron chi connectivity index (χ3n) is 3.53. The smallest absolute Gasteiger partial charge is 0.251 e. The molecule has 0 spiro atoms. The third-order valence-corrected chi connectivity index (χ3v) is 5.25. The van der Waals surface area contributed by atoms with E-state index in [1.165, 1.54) is 0 Å². The van der Waals surface area contributed by atoms with Crippen LogP contribution in [0.5, 0.6) is 0 Å². The van der Waals surface area contributed by atoms with Crippen LogP contribution in [-0.4, -0.2) is 31.9 Å². The van der Waals surface area contributed by atoms with Crippen molar-refractivity contribution in [1.29, 1.82) is 0 Å². The number of hydrogen-bond acceptors (Lipinski definition) is 5. The van der Waals surface area contributed by atoms with Crippen LogP contribution in [0, 0.1) is 6.92 Å². The van der Waals surface area contributed by atoms with Crippen LogP contribution in [0.15, 0.2) is 18.2 Å². The van der Waals surface area contributed by atoms with Gasteiger partial charge in [-0.25, -0.2) is 8.42 Å². The van der Waals surface area contributed by atoms with E-state index in [4.69, 9.17) is 5.84 Å². The van der Waals surface area contributed by atoms with Crippen molar-refractivity contribution in [3.63, 3.8) is 0 Å². The predicted molar refractivity (Wildman–Crippen MR) is 78.1 cm³/mol. The van der Waals surface area contributed by atoms with Crippen LogP contribution in [0.3, 0.4) is 0 Å². The lowest BCUT2D eigenvalue weighted by atomic mass is 10.1. The lowest BCUT2D eigenvalue weighted by Gasteiger charge is -2.23. The second kappa shape index (κ2) is 5.80. The Kier molecular flexibility index (Phi) is 4.29. The summed E-state index contributed by atoms with van der Waals surface area (Å²) in [5.74, 6) is 5.46. The van der Waals surface area contributed by atoms with Crippen LogP contribution in [0.2, 0.25) is 0 Å². The van der Waals surface area contributed by atoms with Gasteiger partial charge in [-0.2, -0.15) is 0 Å². The van der Waals surface area contributed by atoms with Crippen LogP contribution in [-0.2, 0) is 9.84 Å². The SMILES string of the molecule is Cc1cc(C(=O)NC2CCS(=O)(=O)CC2)ccc1NN. The molecular weight excluding hydrogens is 278 g/mol. The first-order valence-corrected chi connectivity index (χ1v) is 8.32. The van der Waals surface area contributed by atoms with Crippen molar-refractivity contribution in [3.05, 3.63) is 29.3 Å². The monoisotopic (exact) mass is 297 g/mol. The first-order valence-electron chi connectivity index (χ1n) is 6.50. The van der Waals surface area contributed by atoms with Gasteiger partial charge in [-0.3, -0.25) is 10.6 Å². The van der Waals surface area contributed by atoms with Gasteiger partial charge >= 0.3 is 0 Å². The topological polar surface area (TPSA) is 101 Å². The number of carbonyl (C=O) groups is 1. The van der Waals surface area contributed by atoms with Gasteiger partial charge in [0.25, 0.3) is 5.91 Å². The summed E-state index contributed by atoms with van der Waals surface area (Å²) in [7, 11) is -2.91. The number of sulfone groups is 1. The molecule has 1 aliphatic rings. The summed E-state index contributed by atoms with van der Waals surface area (Å²) in [5, 5.41) is 2.88. The maximum absolute atomic E-state index is 12.1. The zero-order valence-corrected chi connectivity index (χ0v) is 12.2. The van der Waals surface area contributed by atoms with E-state index in [0.717, 1.165) is 11.3 Å². The molecule has 1 aliphatic heterocycles. The van der Waals surface area contributed by atoms with Gasteiger partial charge in [0.1, 0.15) is 9.84 Å². The number of nitrogen functional groups attached to an aromatic ring is 1. The molecule has 7 heteroatoms. The first kappa shape index (κ1) is 14.8. The fourth-order valence-electron chi connectivity index (χ4n) is 2.27. The standard InChI is InChI=1S/C13H19N3O3S/c1-9-8-10(2-3-12(9)16-14)13(17)15-11-4-6-20(18,19)7-5-11/h2-3,8,11,16H,4-7,14H2,1H3,(H,15,17). The van der Waals surface area contributed by atoms with Crippen molar-refractivity contribution < 1.29 is 13.2 Å². The van der Waals surface area contributed by atoms with E-state index in [2.05, 4.69) is 10.7 Å². The van der Waals surface area contributed by atoms with Gasteiger partial charge in [0, 0.05) is 11.6 Å². The normalized spacial score (nSPS) is 18.5. The van der Waals surface area contributed by atoms with E-state index in [0.29, 0.717) is 18.4 Å². The number of amides is 1. The number of hydrazine groups is 1. The van der Waals surface area contributed by atoms with E-state index < -0.39 is 9.84 Å². The van der Waals surface area contributed by atoms with Crippen molar-refractivity contribution >= 4 is 21.4 Å². The van der Waals surface area contributed by atoms with Crippen LogP contribution in [0.4, 0.5) is 5.69 Å². The number of nitrogens with one attached hydrogen (secondary N) is 2. The number of nitrogens with two attached hydrogens (primary N) is 1. The third kappa shape index (κ3) is 3.49. The molecule has 110 valence electrons. The highest BCUT2D eigenvalue weighted by atomic mass is 32.2. The van der Waals surface area contributed by atoms with Crippen molar-refractivity contribution in [2.75, 3.05) is 16.9 Å². The molecule has 6 nitrogen and oxygen atoms in total. The highest BCUT2D eigenvalue weighted by Gasteiger charge is 2.24. The minimum absolute atomic E-state index is 0.0707. The molecule has 4 N–H and O–H groups in total. The van der Waals surface area contributed by atoms with E-state index in [1.54, 1.807) is 18.2 Å². The van der Waals surface area contributed by atoms with Gasteiger partial charge in [-0.05, 0) is 43.5 Å². The molecule has 1 aromatic carbocycles. The Morgan fingerprint density at radius 2 is 1.95 bits per heavy atom. The summed E-state index contributed by atoms with van der Waals surface area (Å²) in [6.07, 6.45) is 0.963. The Morgan fingerprint density at radius 3 is 2.50 bits per heavy atom. The van der Waals surface area contributed by atoms with Crippen molar-refractivity contribution in [3.8, 4) is 0 Å². The van der Waals surface area contributed by atoms with Gasteiger partial charge in [-0.1, -0.05) is 0 Å². The van der Waals surface area contributed by atoms with Crippen molar-refractivity contribution in [2.24, 2.45) is 5.84 Å². The minimum atomic E-state index is -2.91. The molecule has 1 fully saturated rings. The summed E-state index contributed by atoms with van der Waals surface area (Å²) in [4.78, 5) is 12.1. The lowest BCUT2D eigenvalue weighted by Crippen LogP contribution is -2.40. The van der Waals surface area contributed by atoms with Crippen LogP contribution < -0.4 is 16.6 Å². The molecule has 0 radical (unpaired) electrons. The molecule has 0 unspecified atom stereocenters. The van der Waals surface area contributed by atoms with E-state index >= 15 is 0 Å². The molecule has 1 saturated heterocycles. The zero-order chi connectivity index (χ0) is 14.8. The average Bonchev–Trinajstić information content (AvgIpc) is 2.41. The molecular formula is C13H19N3O3S. The largest absolute Gasteiger partial charge is 0.349 e. The molecule has 20 heavy (non-hydrogen) atoms. The quantitative estimate of drug-likeness (QED) is 0.560. The highest BCUT2D eigenvalue weighted by Crippen LogP contribution is 2.17. The molecule has 0 bridgehead atoms. The fraction of sp³-hybridized carbons (Fsp3) is 0.462. The lowest BCUT2D eigenvalue weighted by molar-refractivity contribution is 0.0934. The van der Waals surface area contributed by atoms with Gasteiger partial charge < -0.3 is 10.7 Å². The van der Waals surface area contributed by atoms with Gasteiger partial charge in [0.2, 0.25) is 0 Å². The van der Waals surface area contributed by atoms with Gasteiger partial charge in [-0.15, -0.1) is 0 Å². The number of benzene rings is 1. The zero-order valence-electron chi connectivity index (χ0n) is 11.3. The summed E-state index contributed by atoms with van der Waals surface area (Å²) in [6.45, 7) is 1.86. The highest BCUT2D eigenvalue weighted by molar-refractivity contribution is 7.91. The Balaban J connectivity index is 2.00. The molecule has 2 rings (SSSR count). The van der Waals surface area contributed by atoms with E-state index in [1.807, 2.05) is 6.92 Å². The predicted octanol–water partition coefficient (Wildman–Crippen LogP) is 0.588. The molecule has 1 heterocycles. The summed E-state index contributed by atoms with van der Waals surface area (Å²) < 4.78 is 22.7. The van der Waals surface area contributed by atoms with Crippen LogP contribution in [0.1, 0.15) is 28.8 Å². The van der Waals surface area contributed by atoms with Crippen molar-refractivity contribution in [2.45, 2.75) is 25.8 Å². The molecule has 0 aliphatic carbocycles. The Morgan fingerprint density at radius 1 is 1.30 bits per heavy atom. The molecule has 0 aromatic heterocycles. The summed E-state index contributed by atoms with van der Waals surface area (Å²) in [5.41, 5.74) is 4.75. The van der Waals surface area contributed by atoms with Crippen molar-refractivity contribution in [1.82, 2.24) is 5.32 Å². The maximum Gasteiger partial charge on any atom is 0.251 e. The van der Waals surface area contributed by atoms with E-state index in [9.17, 15) is 13.2 Å². The Hall–Kier alpha value is -1.60. The molecule has 0 atom stereocenters. The average molecular weight is 297 g/mol. The van der Waals surface area contributed by atoms with Crippen LogP contribution in [0.25, 0.3) is 0 Å². The van der Waals surface area contributed by atoms with Crippen LogP contribution >= 0.6 is 0 Å². The number of rotatable bonds is 3. The maximum atomic E-state index is 12.1. The van der Waals surface area contributed by atoms with E-state index in [-0.39, 0.29) is 23.5 Å². The molecule has 0 saturated carbocycles. The van der Waals surface area contributed by atoms with Gasteiger partial charge in [0.05, 0.1) is 17.2 Å². The second-order valence-corrected chi connectivity index (χ2v) is 7.38. The fourth-order valence-corrected chi connectivity index (χ4v) is 3.76. The number of anilines is 1. The number of aryl methyl sites for hydroxylation is 1. The number of carbonyl (C=O) groups excluding carboxylic acids is 1. The molecule has 1 amide bonds. The minimum Gasteiger partial charge on any atom is -0.349 e. The summed E-state index contributed by atoms with van der Waals surface area (Å²) >= 11 is 0. The second-order valence-electron chi connectivity index (χ2n) is 5.07. The first-order chi connectivity index (χ1) is 9.41. The number of hydrogen-bond donors (Lipinski definition) is 3. The van der Waals surface area contributed by atoms with Gasteiger partial charge in [0.15, 0.2) is 0 Å². The Labute approximate surface area is 118 Å². The molecule has 1 aromatic rings.